The van der Waals surface area contributed by atoms with E-state index in [4.69, 9.17) is 0 Å². The van der Waals surface area contributed by atoms with E-state index in [9.17, 15) is 14.4 Å². The topological polar surface area (TPSA) is 70.6 Å². The van der Waals surface area contributed by atoms with E-state index >= 15 is 0 Å². The average molecular weight is 458 g/mol. The summed E-state index contributed by atoms with van der Waals surface area (Å²) < 4.78 is 0.857. The predicted octanol–water partition coefficient (Wildman–Crippen LogP) is 3.94. The van der Waals surface area contributed by atoms with Gasteiger partial charge >= 0.3 is 0 Å². The van der Waals surface area contributed by atoms with Crippen LogP contribution in [-0.4, -0.2) is 33.6 Å². The molecule has 1 aliphatic heterocycles. The van der Waals surface area contributed by atoms with Gasteiger partial charge in [-0.3, -0.25) is 19.4 Å². The summed E-state index contributed by atoms with van der Waals surface area (Å²) in [4.78, 5) is 45.8. The Kier molecular flexibility index (Phi) is 6.17. The molecule has 152 valence electrons. The highest BCUT2D eigenvalue weighted by atomic mass is 79.9. The summed E-state index contributed by atoms with van der Waals surface area (Å²) >= 11 is 3.36. The molecule has 3 amide bonds. The van der Waals surface area contributed by atoms with Crippen molar-refractivity contribution in [2.45, 2.75) is 46.2 Å². The van der Waals surface area contributed by atoms with Gasteiger partial charge in [-0.05, 0) is 41.3 Å². The van der Waals surface area contributed by atoms with Gasteiger partial charge in [-0.2, -0.15) is 0 Å². The lowest BCUT2D eigenvalue weighted by atomic mass is 9.91. The molecule has 0 saturated carbocycles. The summed E-state index contributed by atoms with van der Waals surface area (Å²) in [7, 11) is 0. The van der Waals surface area contributed by atoms with Gasteiger partial charge in [0.2, 0.25) is 11.8 Å². The molecule has 1 saturated heterocycles. The fourth-order valence-electron chi connectivity index (χ4n) is 3.34. The van der Waals surface area contributed by atoms with Crippen LogP contribution in [0, 0.1) is 5.41 Å². The van der Waals surface area contributed by atoms with Gasteiger partial charge in [-0.1, -0.05) is 42.8 Å². The molecule has 0 N–H and O–H groups in total. The number of imide groups is 1. The lowest BCUT2D eigenvalue weighted by Gasteiger charge is -2.30. The fourth-order valence-corrected chi connectivity index (χ4v) is 3.60. The van der Waals surface area contributed by atoms with E-state index in [1.165, 1.54) is 9.80 Å². The Morgan fingerprint density at radius 2 is 1.90 bits per heavy atom. The first-order valence-corrected chi connectivity index (χ1v) is 10.3. The molecule has 1 atom stereocenters. The van der Waals surface area contributed by atoms with E-state index in [2.05, 4.69) is 20.9 Å². The lowest BCUT2D eigenvalue weighted by Crippen LogP contribution is -2.46. The van der Waals surface area contributed by atoms with Gasteiger partial charge in [0.25, 0.3) is 5.91 Å². The molecule has 0 radical (unpaired) electrons. The van der Waals surface area contributed by atoms with Crippen molar-refractivity contribution >= 4 is 39.3 Å². The molecule has 2 aromatic rings. The monoisotopic (exact) mass is 457 g/mol. The molecule has 1 aromatic carbocycles. The summed E-state index contributed by atoms with van der Waals surface area (Å²) in [5.74, 6) is -0.823. The second-order valence-electron chi connectivity index (χ2n) is 8.38. The smallest absolute Gasteiger partial charge is 0.257 e. The third-order valence-electron chi connectivity index (χ3n) is 4.66. The molecule has 6 nitrogen and oxygen atoms in total. The number of pyridine rings is 1. The van der Waals surface area contributed by atoms with E-state index in [1.54, 1.807) is 42.7 Å². The van der Waals surface area contributed by atoms with Crippen LogP contribution in [0.2, 0.25) is 0 Å². The van der Waals surface area contributed by atoms with Crippen molar-refractivity contribution in [1.29, 1.82) is 0 Å². The second-order valence-corrected chi connectivity index (χ2v) is 9.30. The molecule has 0 bridgehead atoms. The van der Waals surface area contributed by atoms with Crippen LogP contribution in [0.15, 0.2) is 53.3 Å². The third kappa shape index (κ3) is 5.09. The minimum Gasteiger partial charge on any atom is -0.326 e. The molecule has 0 aliphatic carbocycles. The summed E-state index contributed by atoms with van der Waals surface area (Å²) in [6.45, 7) is 6.16. The first-order chi connectivity index (χ1) is 13.7. The third-order valence-corrected chi connectivity index (χ3v) is 5.19. The van der Waals surface area contributed by atoms with Crippen LogP contribution in [0.3, 0.4) is 0 Å². The molecule has 1 aliphatic rings. The second kappa shape index (κ2) is 8.45. The van der Waals surface area contributed by atoms with Gasteiger partial charge in [0.1, 0.15) is 6.04 Å². The minimum absolute atomic E-state index is 0.0228. The summed E-state index contributed by atoms with van der Waals surface area (Å²) in [6.07, 6.45) is 3.59. The van der Waals surface area contributed by atoms with Crippen LogP contribution in [0.25, 0.3) is 0 Å². The van der Waals surface area contributed by atoms with E-state index in [1.807, 2.05) is 26.8 Å². The molecule has 3 rings (SSSR count). The first-order valence-electron chi connectivity index (χ1n) is 9.46. The number of carbonyl (C=O) groups is 3. The number of halogens is 1. The van der Waals surface area contributed by atoms with Gasteiger partial charge in [0.15, 0.2) is 0 Å². The number of nitrogens with zero attached hydrogens (tertiary/aromatic N) is 3. The normalized spacial score (nSPS) is 17.0. The van der Waals surface area contributed by atoms with Crippen molar-refractivity contribution in [3.8, 4) is 0 Å². The van der Waals surface area contributed by atoms with Gasteiger partial charge in [0.05, 0.1) is 12.1 Å². The van der Waals surface area contributed by atoms with Crippen molar-refractivity contribution in [1.82, 2.24) is 9.88 Å². The number of carbonyl (C=O) groups excluding carboxylic acids is 3. The predicted molar refractivity (Wildman–Crippen MR) is 114 cm³/mol. The van der Waals surface area contributed by atoms with Crippen LogP contribution >= 0.6 is 15.9 Å². The standard InChI is InChI=1S/C22H24BrN3O3/c1-22(2,3)12-20(28)25(14-15-5-4-10-24-13-15)18-11-19(27)26(21(18)29)17-8-6-16(23)7-9-17/h4-10,13,18H,11-12,14H2,1-3H3. The average Bonchev–Trinajstić information content (AvgIpc) is 2.94. The zero-order chi connectivity index (χ0) is 21.2. The molecule has 7 heteroatoms. The maximum Gasteiger partial charge on any atom is 0.257 e. The number of hydrogen-bond donors (Lipinski definition) is 0. The van der Waals surface area contributed by atoms with Crippen molar-refractivity contribution in [3.05, 3.63) is 58.8 Å². The molecule has 0 spiro atoms. The first kappa shape index (κ1) is 21.2. The van der Waals surface area contributed by atoms with E-state index in [-0.39, 0.29) is 42.5 Å². The van der Waals surface area contributed by atoms with Gasteiger partial charge in [-0.25, -0.2) is 4.90 Å². The number of anilines is 1. The van der Waals surface area contributed by atoms with Crippen molar-refractivity contribution < 1.29 is 14.4 Å². The highest BCUT2D eigenvalue weighted by molar-refractivity contribution is 9.10. The highest BCUT2D eigenvalue weighted by Crippen LogP contribution is 2.29. The quantitative estimate of drug-likeness (QED) is 0.637. The largest absolute Gasteiger partial charge is 0.326 e. The van der Waals surface area contributed by atoms with Crippen LogP contribution in [0.4, 0.5) is 5.69 Å². The molecule has 29 heavy (non-hydrogen) atoms. The maximum absolute atomic E-state index is 13.2. The Morgan fingerprint density at radius 1 is 1.21 bits per heavy atom. The number of aromatic nitrogens is 1. The maximum atomic E-state index is 13.2. The Morgan fingerprint density at radius 3 is 2.48 bits per heavy atom. The van der Waals surface area contributed by atoms with E-state index < -0.39 is 6.04 Å². The Hall–Kier alpha value is -2.54. The number of amides is 3. The molecule has 1 unspecified atom stereocenters. The highest BCUT2D eigenvalue weighted by Gasteiger charge is 2.44. The summed E-state index contributed by atoms with van der Waals surface area (Å²) in [5.41, 5.74) is 1.09. The van der Waals surface area contributed by atoms with Crippen LogP contribution in [0.5, 0.6) is 0 Å². The SMILES string of the molecule is CC(C)(C)CC(=O)N(Cc1cccnc1)C1CC(=O)N(c2ccc(Br)cc2)C1=O. The number of benzene rings is 1. The Bertz CT molecular complexity index is 907. The fraction of sp³-hybridized carbons (Fsp3) is 0.364. The summed E-state index contributed by atoms with van der Waals surface area (Å²) in [6, 6.07) is 9.81. The van der Waals surface area contributed by atoms with Gasteiger partial charge < -0.3 is 4.90 Å². The van der Waals surface area contributed by atoms with Crippen LogP contribution in [0.1, 0.15) is 39.2 Å². The van der Waals surface area contributed by atoms with Crippen LogP contribution in [-0.2, 0) is 20.9 Å². The van der Waals surface area contributed by atoms with Crippen LogP contribution < -0.4 is 4.90 Å². The lowest BCUT2D eigenvalue weighted by molar-refractivity contribution is -0.140. The van der Waals surface area contributed by atoms with E-state index in [0.29, 0.717) is 5.69 Å². The molecular weight excluding hydrogens is 434 g/mol. The molecule has 1 fully saturated rings. The van der Waals surface area contributed by atoms with Crippen molar-refractivity contribution in [2.24, 2.45) is 5.41 Å². The van der Waals surface area contributed by atoms with Crippen molar-refractivity contribution in [3.63, 3.8) is 0 Å². The number of rotatable bonds is 5. The zero-order valence-electron chi connectivity index (χ0n) is 16.8. The van der Waals surface area contributed by atoms with Crippen molar-refractivity contribution in [2.75, 3.05) is 4.90 Å². The Labute approximate surface area is 179 Å². The molecule has 1 aromatic heterocycles. The number of hydrogen-bond acceptors (Lipinski definition) is 4. The zero-order valence-corrected chi connectivity index (χ0v) is 18.3. The molecule has 2 heterocycles. The molecular formula is C22H24BrN3O3. The summed E-state index contributed by atoms with van der Waals surface area (Å²) in [5, 5.41) is 0. The van der Waals surface area contributed by atoms with Gasteiger partial charge in [-0.15, -0.1) is 0 Å². The Balaban J connectivity index is 1.90. The minimum atomic E-state index is -0.818. The van der Waals surface area contributed by atoms with Gasteiger partial charge in [0, 0.05) is 29.8 Å². The van der Waals surface area contributed by atoms with E-state index in [0.717, 1.165) is 10.0 Å².